The highest BCUT2D eigenvalue weighted by Gasteiger charge is 2.23. The molecule has 0 bridgehead atoms. The van der Waals surface area contributed by atoms with Crippen LogP contribution in [0.5, 0.6) is 0 Å². The number of hydrogen-bond donors (Lipinski definition) is 2. The van der Waals surface area contributed by atoms with Crippen molar-refractivity contribution < 1.29 is 8.42 Å². The molecule has 108 valence electrons. The van der Waals surface area contributed by atoms with Gasteiger partial charge in [-0.3, -0.25) is 0 Å². The molecule has 0 aliphatic rings. The highest BCUT2D eigenvalue weighted by molar-refractivity contribution is 7.89. The Morgan fingerprint density at radius 1 is 1.21 bits per heavy atom. The lowest BCUT2D eigenvalue weighted by Crippen LogP contribution is -2.35. The van der Waals surface area contributed by atoms with E-state index in [0.717, 1.165) is 24.8 Å². The SMILES string of the molecule is CCCC(CC)NS(=O)(=O)c1c(C)ccc(C)c1N. The van der Waals surface area contributed by atoms with Crippen molar-refractivity contribution in [1.82, 2.24) is 4.72 Å². The van der Waals surface area contributed by atoms with Crippen molar-refractivity contribution in [2.75, 3.05) is 5.73 Å². The van der Waals surface area contributed by atoms with Gasteiger partial charge in [0.25, 0.3) is 0 Å². The van der Waals surface area contributed by atoms with Crippen LogP contribution in [0.2, 0.25) is 0 Å². The normalized spacial score (nSPS) is 13.5. The molecule has 0 spiro atoms. The number of nitrogen functional groups attached to an aromatic ring is 1. The summed E-state index contributed by atoms with van der Waals surface area (Å²) in [7, 11) is -3.55. The highest BCUT2D eigenvalue weighted by atomic mass is 32.2. The van der Waals surface area contributed by atoms with Crippen LogP contribution < -0.4 is 10.5 Å². The molecule has 0 saturated heterocycles. The van der Waals surface area contributed by atoms with Gasteiger partial charge in [-0.25, -0.2) is 13.1 Å². The zero-order valence-corrected chi connectivity index (χ0v) is 13.0. The van der Waals surface area contributed by atoms with Crippen LogP contribution >= 0.6 is 0 Å². The number of aryl methyl sites for hydroxylation is 2. The first-order valence-electron chi connectivity index (χ1n) is 6.71. The van der Waals surface area contributed by atoms with Crippen LogP contribution in [-0.4, -0.2) is 14.5 Å². The van der Waals surface area contributed by atoms with Crippen LogP contribution in [0.3, 0.4) is 0 Å². The Morgan fingerprint density at radius 3 is 2.32 bits per heavy atom. The van der Waals surface area contributed by atoms with Gasteiger partial charge in [0.05, 0.1) is 5.69 Å². The summed E-state index contributed by atoms with van der Waals surface area (Å²) in [6.07, 6.45) is 2.56. The van der Waals surface area contributed by atoms with E-state index in [9.17, 15) is 8.42 Å². The van der Waals surface area contributed by atoms with E-state index < -0.39 is 10.0 Å². The smallest absolute Gasteiger partial charge is 0.243 e. The second-order valence-corrected chi connectivity index (χ2v) is 6.61. The first kappa shape index (κ1) is 16.0. The third kappa shape index (κ3) is 3.70. The Morgan fingerprint density at radius 2 is 1.79 bits per heavy atom. The van der Waals surface area contributed by atoms with E-state index in [2.05, 4.69) is 4.72 Å². The minimum atomic E-state index is -3.55. The van der Waals surface area contributed by atoms with Crippen molar-refractivity contribution >= 4 is 15.7 Å². The lowest BCUT2D eigenvalue weighted by molar-refractivity contribution is 0.512. The molecule has 1 atom stereocenters. The molecule has 0 heterocycles. The molecule has 0 fully saturated rings. The Labute approximate surface area is 116 Å². The molecule has 1 unspecified atom stereocenters. The molecule has 0 saturated carbocycles. The number of anilines is 1. The summed E-state index contributed by atoms with van der Waals surface area (Å²) in [4.78, 5) is 0.224. The fourth-order valence-corrected chi connectivity index (χ4v) is 3.92. The van der Waals surface area contributed by atoms with E-state index in [1.54, 1.807) is 13.0 Å². The molecule has 0 aromatic heterocycles. The molecule has 1 rings (SSSR count). The number of nitrogens with one attached hydrogen (secondary N) is 1. The molecule has 0 amide bonds. The maximum Gasteiger partial charge on any atom is 0.243 e. The molecular weight excluding hydrogens is 260 g/mol. The topological polar surface area (TPSA) is 72.2 Å². The highest BCUT2D eigenvalue weighted by Crippen LogP contribution is 2.26. The van der Waals surface area contributed by atoms with E-state index >= 15 is 0 Å². The van der Waals surface area contributed by atoms with Gasteiger partial charge in [0.2, 0.25) is 10.0 Å². The predicted molar refractivity (Wildman–Crippen MR) is 79.6 cm³/mol. The summed E-state index contributed by atoms with van der Waals surface area (Å²) < 4.78 is 27.7. The largest absolute Gasteiger partial charge is 0.397 e. The third-order valence-corrected chi connectivity index (χ3v) is 5.05. The molecular formula is C14H24N2O2S. The Kier molecular flexibility index (Phi) is 5.38. The summed E-state index contributed by atoms with van der Waals surface area (Å²) in [5.74, 6) is 0. The van der Waals surface area contributed by atoms with Crippen LogP contribution in [0.1, 0.15) is 44.2 Å². The first-order valence-corrected chi connectivity index (χ1v) is 8.19. The van der Waals surface area contributed by atoms with Gasteiger partial charge in [0, 0.05) is 6.04 Å². The van der Waals surface area contributed by atoms with Crippen LogP contribution in [0.25, 0.3) is 0 Å². The number of benzene rings is 1. The maximum atomic E-state index is 12.5. The van der Waals surface area contributed by atoms with Crippen molar-refractivity contribution in [1.29, 1.82) is 0 Å². The summed E-state index contributed by atoms with van der Waals surface area (Å²) >= 11 is 0. The summed E-state index contributed by atoms with van der Waals surface area (Å²) in [5.41, 5.74) is 7.76. The van der Waals surface area contributed by atoms with E-state index in [4.69, 9.17) is 5.73 Å². The predicted octanol–water partition coefficient (Wildman–Crippen LogP) is 2.74. The average molecular weight is 284 g/mol. The van der Waals surface area contributed by atoms with Crippen molar-refractivity contribution in [3.8, 4) is 0 Å². The fraction of sp³-hybridized carbons (Fsp3) is 0.571. The molecule has 0 radical (unpaired) electrons. The summed E-state index contributed by atoms with van der Waals surface area (Å²) in [6, 6.07) is 3.60. The zero-order valence-electron chi connectivity index (χ0n) is 12.2. The quantitative estimate of drug-likeness (QED) is 0.789. The maximum absolute atomic E-state index is 12.5. The standard InChI is InChI=1S/C14H24N2O2S/c1-5-7-12(6-2)16-19(17,18)14-11(4)9-8-10(3)13(14)15/h8-9,12,16H,5-7,15H2,1-4H3. The number of sulfonamides is 1. The van der Waals surface area contributed by atoms with Crippen molar-refractivity contribution in [2.24, 2.45) is 0 Å². The molecule has 1 aromatic carbocycles. The van der Waals surface area contributed by atoms with E-state index in [-0.39, 0.29) is 10.9 Å². The van der Waals surface area contributed by atoms with Gasteiger partial charge in [0.15, 0.2) is 0 Å². The molecule has 5 heteroatoms. The second-order valence-electron chi connectivity index (χ2n) is 4.96. The van der Waals surface area contributed by atoms with Crippen LogP contribution in [-0.2, 0) is 10.0 Å². The first-order chi connectivity index (χ1) is 8.83. The Bertz CT molecular complexity index is 539. The minimum Gasteiger partial charge on any atom is -0.397 e. The van der Waals surface area contributed by atoms with E-state index in [1.807, 2.05) is 26.8 Å². The molecule has 19 heavy (non-hydrogen) atoms. The number of rotatable bonds is 6. The van der Waals surface area contributed by atoms with E-state index in [0.29, 0.717) is 11.3 Å². The van der Waals surface area contributed by atoms with E-state index in [1.165, 1.54) is 0 Å². The molecule has 0 aliphatic carbocycles. The number of nitrogens with two attached hydrogens (primary N) is 1. The monoisotopic (exact) mass is 284 g/mol. The summed E-state index contributed by atoms with van der Waals surface area (Å²) in [6.45, 7) is 7.61. The molecule has 0 aliphatic heterocycles. The van der Waals surface area contributed by atoms with Crippen molar-refractivity contribution in [3.63, 3.8) is 0 Å². The minimum absolute atomic E-state index is 0.0330. The molecule has 3 N–H and O–H groups in total. The third-order valence-electron chi connectivity index (χ3n) is 3.33. The van der Waals surface area contributed by atoms with Crippen molar-refractivity contribution in [3.05, 3.63) is 23.3 Å². The van der Waals surface area contributed by atoms with Gasteiger partial charge in [-0.2, -0.15) is 0 Å². The Hall–Kier alpha value is -1.07. The summed E-state index contributed by atoms with van der Waals surface area (Å²) in [5, 5.41) is 0. The van der Waals surface area contributed by atoms with Crippen LogP contribution in [0.15, 0.2) is 17.0 Å². The lowest BCUT2D eigenvalue weighted by Gasteiger charge is -2.19. The van der Waals surface area contributed by atoms with Gasteiger partial charge in [0.1, 0.15) is 4.90 Å². The second kappa shape index (κ2) is 6.39. The Balaban J connectivity index is 3.17. The number of hydrogen-bond acceptors (Lipinski definition) is 3. The van der Waals surface area contributed by atoms with Gasteiger partial charge in [-0.15, -0.1) is 0 Å². The van der Waals surface area contributed by atoms with Gasteiger partial charge in [-0.1, -0.05) is 32.4 Å². The van der Waals surface area contributed by atoms with Gasteiger partial charge in [-0.05, 0) is 37.8 Å². The van der Waals surface area contributed by atoms with Gasteiger partial charge >= 0.3 is 0 Å². The molecule has 4 nitrogen and oxygen atoms in total. The van der Waals surface area contributed by atoms with Crippen molar-refractivity contribution in [2.45, 2.75) is 57.9 Å². The fourth-order valence-electron chi connectivity index (χ4n) is 2.14. The van der Waals surface area contributed by atoms with Gasteiger partial charge < -0.3 is 5.73 Å². The lowest BCUT2D eigenvalue weighted by atomic mass is 10.1. The van der Waals surface area contributed by atoms with Crippen LogP contribution in [0.4, 0.5) is 5.69 Å². The average Bonchev–Trinajstić information content (AvgIpc) is 2.33. The van der Waals surface area contributed by atoms with Crippen LogP contribution in [0, 0.1) is 13.8 Å². The zero-order chi connectivity index (χ0) is 14.6. The molecule has 1 aromatic rings.